The summed E-state index contributed by atoms with van der Waals surface area (Å²) in [4.78, 5) is 0. The predicted octanol–water partition coefficient (Wildman–Crippen LogP) is 12.9. The van der Waals surface area contributed by atoms with Gasteiger partial charge in [-0.05, 0) is 34.3 Å². The van der Waals surface area contributed by atoms with E-state index < -0.39 is 16.1 Å². The highest BCUT2D eigenvalue weighted by atomic mass is 28.3. The number of hydrogen-bond acceptors (Lipinski definition) is 0. The van der Waals surface area contributed by atoms with Crippen LogP contribution in [0.4, 0.5) is 11.4 Å². The molecule has 3 rings (SSSR count). The number of hydrogen-bond donors (Lipinski definition) is 0. The SMILES string of the molecule is CCCCCCCC[Si](c1ccc2c(c1)[N]c1cc([Si](CCCCCCCC)(C(C)C)C(C)C)ccc1-2)(C(C)C)C(C)C. The van der Waals surface area contributed by atoms with Crippen molar-refractivity contribution in [2.24, 2.45) is 0 Å². The van der Waals surface area contributed by atoms with Gasteiger partial charge >= 0.3 is 0 Å². The number of nitrogens with zero attached hydrogens (tertiary/aromatic N) is 1. The van der Waals surface area contributed by atoms with Crippen molar-refractivity contribution in [2.45, 2.75) is 181 Å². The van der Waals surface area contributed by atoms with Gasteiger partial charge in [-0.15, -0.1) is 0 Å². The van der Waals surface area contributed by atoms with E-state index in [9.17, 15) is 0 Å². The molecule has 0 saturated carbocycles. The smallest absolute Gasteiger partial charge is 0.0918 e. The van der Waals surface area contributed by atoms with Gasteiger partial charge in [-0.1, -0.05) is 193 Å². The van der Waals surface area contributed by atoms with Crippen LogP contribution in [0.5, 0.6) is 0 Å². The fourth-order valence-corrected chi connectivity index (χ4v) is 20.4. The van der Waals surface area contributed by atoms with Gasteiger partial charge in [0.25, 0.3) is 0 Å². The molecule has 1 heterocycles. The van der Waals surface area contributed by atoms with Crippen LogP contribution >= 0.6 is 0 Å². The first-order chi connectivity index (χ1) is 20.6. The van der Waals surface area contributed by atoms with Crippen LogP contribution in [0.25, 0.3) is 11.1 Å². The second-order valence-corrected chi connectivity index (χ2v) is 26.2. The van der Waals surface area contributed by atoms with E-state index in [-0.39, 0.29) is 0 Å². The van der Waals surface area contributed by atoms with Crippen LogP contribution in [0, 0.1) is 0 Å². The average molecular weight is 619 g/mol. The second kappa shape index (κ2) is 16.8. The third kappa shape index (κ3) is 8.10. The lowest BCUT2D eigenvalue weighted by atomic mass is 10.1. The van der Waals surface area contributed by atoms with Gasteiger partial charge in [-0.25, -0.2) is 5.32 Å². The minimum absolute atomic E-state index is 0.738. The molecule has 2 aromatic carbocycles. The lowest BCUT2D eigenvalue weighted by molar-refractivity contribution is 0.620. The summed E-state index contributed by atoms with van der Waals surface area (Å²) in [6.07, 6.45) is 16.6. The first-order valence-electron chi connectivity index (χ1n) is 18.6. The first kappa shape index (κ1) is 36.1. The zero-order chi connectivity index (χ0) is 31.6. The Morgan fingerprint density at radius 3 is 1.12 bits per heavy atom. The van der Waals surface area contributed by atoms with Gasteiger partial charge in [0.2, 0.25) is 0 Å². The summed E-state index contributed by atoms with van der Waals surface area (Å²) >= 11 is 0. The summed E-state index contributed by atoms with van der Waals surface area (Å²) in [6.45, 7) is 24.7. The molecule has 0 fully saturated rings. The molecule has 1 radical (unpaired) electrons. The minimum Gasteiger partial charge on any atom is -0.248 e. The molecular formula is C40H68NSi2. The molecule has 1 aliphatic heterocycles. The van der Waals surface area contributed by atoms with E-state index in [1.165, 1.54) is 112 Å². The molecule has 1 nitrogen and oxygen atoms in total. The van der Waals surface area contributed by atoms with Crippen molar-refractivity contribution in [2.75, 3.05) is 0 Å². The van der Waals surface area contributed by atoms with E-state index in [0.717, 1.165) is 22.2 Å². The third-order valence-corrected chi connectivity index (χ3v) is 25.0. The van der Waals surface area contributed by atoms with Crippen molar-refractivity contribution in [3.63, 3.8) is 0 Å². The average Bonchev–Trinajstić information content (AvgIpc) is 3.33. The molecule has 0 amide bonds. The standard InChI is InChI=1S/C40H68NSi2/c1-11-13-15-17-19-21-27-42(31(3)4,32(5)6)35-23-25-37-38-26-24-36(30-40(38)41-39(37)29-35)43(33(7)8,34(9)10)28-22-20-18-16-14-12-2/h23-26,29-34H,11-22,27-28H2,1-10H3. The Morgan fingerprint density at radius 1 is 0.465 bits per heavy atom. The van der Waals surface area contributed by atoms with Crippen molar-refractivity contribution in [3.05, 3.63) is 36.4 Å². The van der Waals surface area contributed by atoms with Crippen molar-refractivity contribution >= 4 is 37.9 Å². The Hall–Kier alpha value is -1.33. The molecule has 0 spiro atoms. The normalized spacial score (nSPS) is 13.3. The van der Waals surface area contributed by atoms with Crippen molar-refractivity contribution in [1.29, 1.82) is 0 Å². The van der Waals surface area contributed by atoms with E-state index in [2.05, 4.69) is 106 Å². The Bertz CT molecular complexity index is 1010. The highest BCUT2D eigenvalue weighted by Gasteiger charge is 2.43. The second-order valence-electron chi connectivity index (χ2n) is 15.3. The minimum atomic E-state index is -1.69. The maximum Gasteiger partial charge on any atom is 0.0918 e. The molecule has 2 aromatic rings. The summed E-state index contributed by atoms with van der Waals surface area (Å²) in [5.74, 6) is 0. The molecule has 0 saturated heterocycles. The fourth-order valence-electron chi connectivity index (χ4n) is 8.92. The van der Waals surface area contributed by atoms with Gasteiger partial charge in [-0.3, -0.25) is 0 Å². The molecular weight excluding hydrogens is 551 g/mol. The molecule has 0 bridgehead atoms. The van der Waals surface area contributed by atoms with Gasteiger partial charge < -0.3 is 0 Å². The zero-order valence-electron chi connectivity index (χ0n) is 30.1. The van der Waals surface area contributed by atoms with Crippen LogP contribution in [-0.4, -0.2) is 16.1 Å². The van der Waals surface area contributed by atoms with Crippen LogP contribution in [0.1, 0.15) is 146 Å². The highest BCUT2D eigenvalue weighted by Crippen LogP contribution is 2.46. The zero-order valence-corrected chi connectivity index (χ0v) is 32.1. The van der Waals surface area contributed by atoms with Gasteiger partial charge in [0.1, 0.15) is 0 Å². The van der Waals surface area contributed by atoms with E-state index in [1.807, 2.05) is 0 Å². The molecule has 3 heteroatoms. The maximum absolute atomic E-state index is 5.41. The summed E-state index contributed by atoms with van der Waals surface area (Å²) in [5.41, 5.74) is 8.15. The Morgan fingerprint density at radius 2 is 0.791 bits per heavy atom. The molecule has 241 valence electrons. The first-order valence-corrected chi connectivity index (χ1v) is 23.3. The fraction of sp³-hybridized carbons (Fsp3) is 0.700. The van der Waals surface area contributed by atoms with Gasteiger partial charge in [-0.2, -0.15) is 0 Å². The number of unbranched alkanes of at least 4 members (excludes halogenated alkanes) is 10. The largest absolute Gasteiger partial charge is 0.248 e. The van der Waals surface area contributed by atoms with Crippen LogP contribution in [0.2, 0.25) is 34.3 Å². The molecule has 0 aromatic heterocycles. The Balaban J connectivity index is 1.87. The summed E-state index contributed by atoms with van der Waals surface area (Å²) in [7, 11) is -3.38. The van der Waals surface area contributed by atoms with Crippen molar-refractivity contribution in [1.82, 2.24) is 5.32 Å². The Kier molecular flexibility index (Phi) is 14.1. The van der Waals surface area contributed by atoms with Gasteiger partial charge in [0.05, 0.1) is 27.5 Å². The molecule has 43 heavy (non-hydrogen) atoms. The molecule has 0 aliphatic carbocycles. The van der Waals surface area contributed by atoms with E-state index >= 15 is 0 Å². The van der Waals surface area contributed by atoms with Gasteiger partial charge in [0, 0.05) is 11.1 Å². The van der Waals surface area contributed by atoms with Crippen LogP contribution in [-0.2, 0) is 0 Å². The quantitative estimate of drug-likeness (QED) is 0.0883. The molecule has 0 unspecified atom stereocenters. The summed E-state index contributed by atoms with van der Waals surface area (Å²) in [5, 5.41) is 8.71. The van der Waals surface area contributed by atoms with Gasteiger partial charge in [0.15, 0.2) is 0 Å². The molecule has 0 atom stereocenters. The predicted molar refractivity (Wildman–Crippen MR) is 201 cm³/mol. The summed E-state index contributed by atoms with van der Waals surface area (Å²) in [6, 6.07) is 17.9. The topological polar surface area (TPSA) is 14.1 Å². The maximum atomic E-state index is 5.41. The van der Waals surface area contributed by atoms with Crippen molar-refractivity contribution in [3.8, 4) is 11.1 Å². The number of rotatable bonds is 20. The van der Waals surface area contributed by atoms with E-state index in [0.29, 0.717) is 0 Å². The molecule has 0 N–H and O–H groups in total. The lowest BCUT2D eigenvalue weighted by Crippen LogP contribution is -2.53. The monoisotopic (exact) mass is 618 g/mol. The van der Waals surface area contributed by atoms with Crippen molar-refractivity contribution < 1.29 is 0 Å². The Labute approximate surface area is 270 Å². The van der Waals surface area contributed by atoms with E-state index in [4.69, 9.17) is 5.32 Å². The third-order valence-electron chi connectivity index (χ3n) is 11.6. The summed E-state index contributed by atoms with van der Waals surface area (Å²) < 4.78 is 0. The van der Waals surface area contributed by atoms with Crippen LogP contribution < -0.4 is 15.7 Å². The van der Waals surface area contributed by atoms with Crippen LogP contribution in [0.15, 0.2) is 36.4 Å². The number of fused-ring (bicyclic) bond motifs is 3. The molecule has 1 aliphatic rings. The van der Waals surface area contributed by atoms with Crippen LogP contribution in [0.3, 0.4) is 0 Å². The highest BCUT2D eigenvalue weighted by molar-refractivity contribution is 6.94. The number of benzene rings is 2. The lowest BCUT2D eigenvalue weighted by Gasteiger charge is -2.40. The van der Waals surface area contributed by atoms with E-state index in [1.54, 1.807) is 10.4 Å².